The van der Waals surface area contributed by atoms with Gasteiger partial charge in [0.2, 0.25) is 0 Å². The number of quaternary nitrogens is 2. The number of ether oxygens (including phenoxy) is 1. The predicted octanol–water partition coefficient (Wildman–Crippen LogP) is 8.85. The zero-order valence-corrected chi connectivity index (χ0v) is 27.2. The molecule has 0 aliphatic carbocycles. The average molecular weight is 745 g/mol. The summed E-state index contributed by atoms with van der Waals surface area (Å²) in [6.45, 7) is 12.3. The molecular weight excluding hydrogens is 712 g/mol. The summed E-state index contributed by atoms with van der Waals surface area (Å²) in [6, 6.07) is 37.1. The van der Waals surface area contributed by atoms with Gasteiger partial charge < -0.3 is 18.3 Å². The molecule has 0 N–H and O–H groups in total. The first-order valence-electron chi connectivity index (χ1n) is 14.5. The van der Waals surface area contributed by atoms with Crippen LogP contribution in [0.2, 0.25) is 0 Å². The number of aromatic nitrogens is 2. The van der Waals surface area contributed by atoms with Crippen LogP contribution in [0.15, 0.2) is 91.1 Å². The fraction of sp³-hybridized carbons (Fsp3) is 0.189. The van der Waals surface area contributed by atoms with E-state index in [4.69, 9.17) is 4.74 Å². The molecule has 4 aromatic carbocycles. The standard InChI is InChI=1S/C37H33N4O.Pt/c1-25-18-27(41-23-40(5,24-41)34-16-13-26(20-35(34)41)37(2,3)4)21-29(19-25)42-28-14-15-31-30-10-6-7-11-32(30)39(33(31)22-28)36-12-8-9-17-38-36;/h6-20,23H,24H2,1-5H3;/q-1;/t40-,41+;/m0./s1. The van der Waals surface area contributed by atoms with E-state index in [1.807, 2.05) is 30.5 Å². The van der Waals surface area contributed by atoms with Gasteiger partial charge in [-0.1, -0.05) is 69.6 Å². The Kier molecular flexibility index (Phi) is 6.27. The smallest absolute Gasteiger partial charge is 0.179 e. The molecule has 6 aromatic rings. The number of aryl methyl sites for hydroxylation is 1. The van der Waals surface area contributed by atoms with Crippen LogP contribution >= 0.6 is 0 Å². The second-order valence-electron chi connectivity index (χ2n) is 13.0. The molecule has 6 heteroatoms. The van der Waals surface area contributed by atoms with Crippen LogP contribution in [0.1, 0.15) is 31.9 Å². The molecule has 5 heterocycles. The summed E-state index contributed by atoms with van der Waals surface area (Å²) < 4.78 is 10.2. The molecule has 5 nitrogen and oxygen atoms in total. The van der Waals surface area contributed by atoms with E-state index in [0.29, 0.717) is 16.0 Å². The summed E-state index contributed by atoms with van der Waals surface area (Å²) in [7, 11) is 2.29. The van der Waals surface area contributed by atoms with Crippen molar-refractivity contribution < 1.29 is 25.8 Å². The third kappa shape index (κ3) is 4.21. The minimum absolute atomic E-state index is 0. The first kappa shape index (κ1) is 28.0. The Labute approximate surface area is 267 Å². The molecule has 2 bridgehead atoms. The van der Waals surface area contributed by atoms with E-state index < -0.39 is 0 Å². The van der Waals surface area contributed by atoms with Gasteiger partial charge in [0.1, 0.15) is 5.82 Å². The van der Waals surface area contributed by atoms with Crippen LogP contribution in [0.3, 0.4) is 0 Å². The Morgan fingerprint density at radius 2 is 1.65 bits per heavy atom. The SMILES string of the molecule is Cc1cc(Oc2[c-]c3c(cc2)c2ccccc2n3-c2ccccn2)[c-]c([N@@+]23[CH-][N@@+](C)(C2)c2ccc(C(C)(C)C)cc23)c1.[Pt]. The Hall–Kier alpha value is -3.76. The van der Waals surface area contributed by atoms with Crippen molar-refractivity contribution in [1.82, 2.24) is 18.5 Å². The summed E-state index contributed by atoms with van der Waals surface area (Å²) in [4.78, 5) is 4.65. The quantitative estimate of drug-likeness (QED) is 0.133. The average Bonchev–Trinajstić information content (AvgIpc) is 3.51. The molecular formula is C37H33N4OPt-. The second kappa shape index (κ2) is 9.62. The largest absolute Gasteiger partial charge is 0.509 e. The molecule has 43 heavy (non-hydrogen) atoms. The van der Waals surface area contributed by atoms with Crippen molar-refractivity contribution in [2.75, 3.05) is 13.7 Å². The van der Waals surface area contributed by atoms with E-state index >= 15 is 0 Å². The van der Waals surface area contributed by atoms with Gasteiger partial charge in [0, 0.05) is 62.1 Å². The van der Waals surface area contributed by atoms with Crippen LogP contribution in [0, 0.1) is 25.7 Å². The molecule has 0 spiro atoms. The molecule has 218 valence electrons. The zero-order chi connectivity index (χ0) is 28.9. The summed E-state index contributed by atoms with van der Waals surface area (Å²) in [5, 5.41) is 2.28. The van der Waals surface area contributed by atoms with Gasteiger partial charge in [0.15, 0.2) is 18.0 Å². The molecule has 2 atom stereocenters. The minimum Gasteiger partial charge on any atom is -0.509 e. The Balaban J connectivity index is 0.00000300. The van der Waals surface area contributed by atoms with E-state index in [9.17, 15) is 0 Å². The van der Waals surface area contributed by atoms with Gasteiger partial charge in [-0.05, 0) is 34.6 Å². The number of fused-ring (bicyclic) bond motifs is 3. The molecule has 0 unspecified atom stereocenters. The van der Waals surface area contributed by atoms with E-state index in [2.05, 4.69) is 124 Å². The summed E-state index contributed by atoms with van der Waals surface area (Å²) in [6.07, 6.45) is 1.82. The predicted molar refractivity (Wildman–Crippen MR) is 171 cm³/mol. The molecule has 0 amide bonds. The molecule has 9 rings (SSSR count). The number of benzene rings is 4. The maximum Gasteiger partial charge on any atom is 0.179 e. The van der Waals surface area contributed by atoms with Crippen molar-refractivity contribution in [2.24, 2.45) is 0 Å². The van der Waals surface area contributed by atoms with E-state index in [1.165, 1.54) is 16.9 Å². The van der Waals surface area contributed by atoms with Crippen molar-refractivity contribution in [3.05, 3.63) is 121 Å². The molecule has 1 fully saturated rings. The molecule has 3 aliphatic rings. The Morgan fingerprint density at radius 3 is 2.42 bits per heavy atom. The summed E-state index contributed by atoms with van der Waals surface area (Å²) in [5.41, 5.74) is 8.41. The van der Waals surface area contributed by atoms with E-state index in [1.54, 1.807) is 0 Å². The van der Waals surface area contributed by atoms with Crippen molar-refractivity contribution >= 4 is 38.9 Å². The monoisotopic (exact) mass is 744 g/mol. The molecule has 3 aliphatic heterocycles. The fourth-order valence-corrected chi connectivity index (χ4v) is 6.87. The maximum atomic E-state index is 6.53. The maximum absolute atomic E-state index is 6.53. The molecule has 1 saturated heterocycles. The van der Waals surface area contributed by atoms with Crippen LogP contribution in [0.5, 0.6) is 11.5 Å². The number of hydrogen-bond acceptors (Lipinski definition) is 2. The normalized spacial score (nSPS) is 20.5. The van der Waals surface area contributed by atoms with Gasteiger partial charge >= 0.3 is 0 Å². The number of para-hydroxylation sites is 1. The number of pyridine rings is 1. The van der Waals surface area contributed by atoms with Crippen molar-refractivity contribution in [3.8, 4) is 17.3 Å². The van der Waals surface area contributed by atoms with Gasteiger partial charge in [-0.15, -0.1) is 29.7 Å². The first-order valence-corrected chi connectivity index (χ1v) is 14.5. The van der Waals surface area contributed by atoms with E-state index in [0.717, 1.165) is 50.0 Å². The van der Waals surface area contributed by atoms with Crippen molar-refractivity contribution in [2.45, 2.75) is 33.1 Å². The zero-order valence-electron chi connectivity index (χ0n) is 25.0. The van der Waals surface area contributed by atoms with Crippen molar-refractivity contribution in [1.29, 1.82) is 0 Å². The number of hydrogen-bond donors (Lipinski definition) is 0. The van der Waals surface area contributed by atoms with Gasteiger partial charge in [-0.25, -0.2) is 4.98 Å². The first-order chi connectivity index (χ1) is 20.1. The van der Waals surface area contributed by atoms with Crippen LogP contribution in [-0.2, 0) is 26.5 Å². The van der Waals surface area contributed by atoms with Crippen LogP contribution in [0.25, 0.3) is 27.6 Å². The Morgan fingerprint density at radius 1 is 0.860 bits per heavy atom. The van der Waals surface area contributed by atoms with Crippen LogP contribution < -0.4 is 13.7 Å². The van der Waals surface area contributed by atoms with Crippen molar-refractivity contribution in [3.63, 3.8) is 0 Å². The number of rotatable bonds is 4. The fourth-order valence-electron chi connectivity index (χ4n) is 6.87. The summed E-state index contributed by atoms with van der Waals surface area (Å²) in [5.74, 6) is 2.21. The van der Waals surface area contributed by atoms with Crippen LogP contribution in [-0.4, -0.2) is 23.3 Å². The second-order valence-corrected chi connectivity index (χ2v) is 13.0. The topological polar surface area (TPSA) is 27.1 Å². The molecule has 0 saturated carbocycles. The van der Waals surface area contributed by atoms with Gasteiger partial charge in [0.25, 0.3) is 0 Å². The van der Waals surface area contributed by atoms with Crippen LogP contribution in [0.4, 0.5) is 17.1 Å². The minimum atomic E-state index is 0. The number of nitrogens with zero attached hydrogens (tertiary/aromatic N) is 4. The third-order valence-corrected chi connectivity index (χ3v) is 8.85. The summed E-state index contributed by atoms with van der Waals surface area (Å²) >= 11 is 0. The van der Waals surface area contributed by atoms with Gasteiger partial charge in [-0.3, -0.25) is 0 Å². The van der Waals surface area contributed by atoms with E-state index in [-0.39, 0.29) is 26.5 Å². The van der Waals surface area contributed by atoms with Gasteiger partial charge in [-0.2, -0.15) is 11.6 Å². The Bertz CT molecular complexity index is 2030. The van der Waals surface area contributed by atoms with Gasteiger partial charge in [0.05, 0.1) is 13.7 Å². The molecule has 2 aromatic heterocycles. The molecule has 0 radical (unpaired) electrons. The third-order valence-electron chi connectivity index (χ3n) is 8.85.